The minimum Gasteiger partial charge on any atom is -0.260 e. The van der Waals surface area contributed by atoms with Gasteiger partial charge in [-0.25, -0.2) is 59.2 Å². The van der Waals surface area contributed by atoms with Crippen LogP contribution in [0.5, 0.6) is 0 Å². The molecule has 0 atom stereocenters. The zero-order chi connectivity index (χ0) is 97.6. The van der Waals surface area contributed by atoms with Gasteiger partial charge >= 0.3 is 0 Å². The van der Waals surface area contributed by atoms with E-state index in [4.69, 9.17) is 0 Å². The second kappa shape index (κ2) is 50.4. The first-order valence-corrected chi connectivity index (χ1v) is 48.8. The molecule has 0 aliphatic carbocycles. The van der Waals surface area contributed by atoms with E-state index in [1.807, 2.05) is 114 Å². The molecule has 0 bridgehead atoms. The average Bonchev–Trinajstić information content (AvgIpc) is 1.78. The van der Waals surface area contributed by atoms with Crippen molar-refractivity contribution in [3.05, 3.63) is 250 Å². The summed E-state index contributed by atoms with van der Waals surface area (Å²) in [5.41, 5.74) is 10.7. The number of hydrogen-bond acceptors (Lipinski definition) is 26. The second-order valence-corrected chi connectivity index (χ2v) is 40.5. The molecule has 0 spiro atoms. The molecule has 18 rings (SSSR count). The Kier molecular flexibility index (Phi) is 38.8. The zero-order valence-electron chi connectivity index (χ0n) is 82.5. The van der Waals surface area contributed by atoms with Gasteiger partial charge in [0.05, 0.1) is 41.6 Å². The van der Waals surface area contributed by atoms with Crippen LogP contribution in [-0.2, 0) is 41.3 Å². The van der Waals surface area contributed by atoms with Crippen LogP contribution < -0.4 is 0 Å². The van der Waals surface area contributed by atoms with Gasteiger partial charge in [0.1, 0.15) is 56.4 Å². The van der Waals surface area contributed by atoms with Crippen molar-refractivity contribution < 1.29 is 4.39 Å². The van der Waals surface area contributed by atoms with Gasteiger partial charge in [0.2, 0.25) is 0 Å². The SMILES string of the molecule is CC(C)c1ccc(-c2ncn(C)n2)cc1.CC(C)c1ccc(-c2ncn(C)n2)cn1.CC(C)c1ccc(-c2ncn(C)n2)s1.CC(C)c1ccc(-c2ncn(CC(C)(C)C)n2)cc1.CC(C)c1ccc(-c2ncn[nH]2)s1.CC(C)c1ccc(C2=NCC=N2)cn1.CC(C)c1ncc(-c2ncn(C)n2)s1.CC(C)c1ncc(-c2ncn[nH]2)s1.CCCn1cnc(-c2ccc(C(C)C)cc2F)n1. The number of aryl methyl sites for hydroxylation is 5. The third-order valence-corrected chi connectivity index (χ3v) is 25.5. The molecule has 0 unspecified atom stereocenters. The largest absolute Gasteiger partial charge is 0.260 e. The van der Waals surface area contributed by atoms with Crippen LogP contribution in [0.1, 0.15) is 265 Å². The molecule has 30 nitrogen and oxygen atoms in total. The van der Waals surface area contributed by atoms with Crippen molar-refractivity contribution in [3.63, 3.8) is 0 Å². The Hall–Kier alpha value is -13.0. The summed E-state index contributed by atoms with van der Waals surface area (Å²) < 4.78 is 24.5. The highest BCUT2D eigenvalue weighted by molar-refractivity contribution is 7.16. The molecule has 1 aliphatic rings. The number of thiazole rings is 2. The summed E-state index contributed by atoms with van der Waals surface area (Å²) in [7, 11) is 7.47. The van der Waals surface area contributed by atoms with Gasteiger partial charge in [-0.3, -0.25) is 53.2 Å². The van der Waals surface area contributed by atoms with Crippen molar-refractivity contribution >= 4 is 57.4 Å². The van der Waals surface area contributed by atoms with Gasteiger partial charge in [-0.15, -0.1) is 45.3 Å². The van der Waals surface area contributed by atoms with Crippen molar-refractivity contribution in [1.29, 1.82) is 0 Å². The normalized spacial score (nSPS) is 11.6. The van der Waals surface area contributed by atoms with E-state index in [1.54, 1.807) is 113 Å². The molecule has 15 heterocycles. The van der Waals surface area contributed by atoms with E-state index in [2.05, 4.69) is 332 Å². The summed E-state index contributed by atoms with van der Waals surface area (Å²) in [6.45, 7) is 49.7. The minimum atomic E-state index is -0.254. The van der Waals surface area contributed by atoms with Crippen LogP contribution in [0.2, 0.25) is 0 Å². The van der Waals surface area contributed by atoms with Gasteiger partial charge < -0.3 is 0 Å². The first-order valence-electron chi connectivity index (χ1n) is 45.5. The Labute approximate surface area is 808 Å². The van der Waals surface area contributed by atoms with E-state index >= 15 is 0 Å². The lowest BCUT2D eigenvalue weighted by atomic mass is 9.97. The summed E-state index contributed by atoms with van der Waals surface area (Å²) in [5, 5.41) is 41.3. The predicted octanol–water partition coefficient (Wildman–Crippen LogP) is 23.8. The number of pyridine rings is 2. The Balaban J connectivity index is 0.000000157. The molecular formula is C100H129FN30S4. The van der Waals surface area contributed by atoms with Crippen molar-refractivity contribution in [2.45, 2.75) is 225 Å². The third-order valence-electron chi connectivity index (χ3n) is 20.1. The fourth-order valence-electron chi connectivity index (χ4n) is 12.5. The number of amidine groups is 1. The Morgan fingerprint density at radius 1 is 0.363 bits per heavy atom. The fourth-order valence-corrected chi connectivity index (χ4v) is 16.1. The lowest BCUT2D eigenvalue weighted by Gasteiger charge is -2.16. The monoisotopic (exact) mass is 1900 g/mol. The molecule has 0 saturated carbocycles. The molecule has 0 fully saturated rings. The number of nitrogens with zero attached hydrogens (tertiary/aromatic N) is 28. The van der Waals surface area contributed by atoms with Crippen LogP contribution in [-0.4, -0.2) is 157 Å². The summed E-state index contributed by atoms with van der Waals surface area (Å²) in [6.07, 6.45) is 23.5. The molecule has 0 saturated heterocycles. The van der Waals surface area contributed by atoms with Gasteiger partial charge in [0.25, 0.3) is 0 Å². The molecule has 0 amide bonds. The number of benzene rings is 3. The highest BCUT2D eigenvalue weighted by Crippen LogP contribution is 2.34. The van der Waals surface area contributed by atoms with Gasteiger partial charge in [0.15, 0.2) is 52.4 Å². The average molecular weight is 1900 g/mol. The van der Waals surface area contributed by atoms with E-state index in [1.165, 1.54) is 33.5 Å². The predicted molar refractivity (Wildman–Crippen MR) is 546 cm³/mol. The van der Waals surface area contributed by atoms with E-state index in [0.717, 1.165) is 135 Å². The number of hydrogen-bond donors (Lipinski definition) is 2. The van der Waals surface area contributed by atoms with Crippen molar-refractivity contribution in [2.75, 3.05) is 6.54 Å². The minimum absolute atomic E-state index is 0.215. The molecular weight excluding hydrogens is 1770 g/mol. The van der Waals surface area contributed by atoms with Gasteiger partial charge in [-0.2, -0.15) is 40.8 Å². The van der Waals surface area contributed by atoms with Gasteiger partial charge in [0, 0.05) is 128 Å². The summed E-state index contributed by atoms with van der Waals surface area (Å²) >= 11 is 6.85. The zero-order valence-corrected chi connectivity index (χ0v) is 85.8. The molecule has 0 radical (unpaired) electrons. The van der Waals surface area contributed by atoms with Crippen LogP contribution in [0, 0.1) is 11.2 Å². The Morgan fingerprint density at radius 3 is 1.19 bits per heavy atom. The van der Waals surface area contributed by atoms with Gasteiger partial charge in [-0.05, 0) is 131 Å². The Bertz CT molecular complexity index is 6130. The van der Waals surface area contributed by atoms with Crippen LogP contribution in [0.4, 0.5) is 4.39 Å². The van der Waals surface area contributed by atoms with Crippen LogP contribution in [0.25, 0.3) is 88.4 Å². The first-order chi connectivity index (χ1) is 64.4. The molecule has 14 aromatic heterocycles. The third kappa shape index (κ3) is 32.1. The quantitative estimate of drug-likeness (QED) is 0.0675. The topological polar surface area (TPSA) is 344 Å². The number of aliphatic imine (C=N–C) groups is 2. The number of H-pyrrole nitrogens is 2. The number of nitrogens with one attached hydrogen (secondary N) is 2. The fraction of sp³-hybridized carbons (Fsp3) is 0.400. The molecule has 17 aromatic rings. The maximum atomic E-state index is 14.0. The lowest BCUT2D eigenvalue weighted by molar-refractivity contribution is 0.325. The van der Waals surface area contributed by atoms with Crippen LogP contribution >= 0.6 is 45.3 Å². The Morgan fingerprint density at radius 2 is 0.778 bits per heavy atom. The van der Waals surface area contributed by atoms with Crippen molar-refractivity contribution in [1.82, 2.24) is 139 Å². The van der Waals surface area contributed by atoms with E-state index in [0.29, 0.717) is 71.2 Å². The molecule has 135 heavy (non-hydrogen) atoms. The van der Waals surface area contributed by atoms with Gasteiger partial charge in [-0.1, -0.05) is 207 Å². The molecule has 2 N–H and O–H groups in total. The molecule has 3 aromatic carbocycles. The number of aromatic amines is 2. The lowest BCUT2D eigenvalue weighted by Crippen LogP contribution is -2.15. The first kappa shape index (κ1) is 104. The second-order valence-electron chi connectivity index (χ2n) is 36.1. The van der Waals surface area contributed by atoms with E-state index in [9.17, 15) is 4.39 Å². The smallest absolute Gasteiger partial charge is 0.192 e. The van der Waals surface area contributed by atoms with Crippen molar-refractivity contribution in [3.8, 4) is 88.4 Å². The highest BCUT2D eigenvalue weighted by atomic mass is 32.1. The maximum Gasteiger partial charge on any atom is 0.192 e. The molecule has 1 aliphatic heterocycles. The van der Waals surface area contributed by atoms with Crippen molar-refractivity contribution in [2.24, 2.45) is 43.6 Å². The van der Waals surface area contributed by atoms with E-state index < -0.39 is 0 Å². The molecule has 710 valence electrons. The highest BCUT2D eigenvalue weighted by Gasteiger charge is 2.19. The number of thiophene rings is 2. The number of rotatable bonds is 21. The number of aromatic nitrogens is 28. The standard InChI is InChI=1S/C16H23N3.C14H18FN3.C12H15N3.C11H14N4.C11H13N3.C10H13N3S.C9H12N4S.C9H11N3S.C8H10N4S/c1-12(2)13-6-8-14(9-7-13)15-17-11-19(18-15)10-16(3,4)5;1-4-7-18-9-16-14(17-18)12-6-5-11(10(2)3)8-13(12)15;1-9(2)10-4-6-11(7-5-10)12-13-8-15(3)14-12;1-8(2)10-5-4-9(6-12-10)11-13-7-15(3)14-11;1-8(2)10-4-3-9(7-14-10)11-12-5-6-13-11;1-7(2)8-4-5-9(14-8)10-11-6-13(3)12-10;1-6(2)9-10-4-7(14-9)8-11-5-13(3)12-8;1-6(2)7-3-4-8(13-7)9-10-5-11-12-9;1-5(2)8-9-3-6(13-8)7-10-4-11-12-7/h6-9,11-12H,10H2,1-5H3;5-6,8-10H,4,7H2,1-3H3;4-9H,1-3H3;4-8H,1-3H3;3-5,7-8H,6H2,1-2H3;4-7H,1-3H3;4-6H,1-3H3;3-6H,1-2H3,(H,10,11,12);3-5H,1-2H3,(H,10,11,12). The molecule has 35 heteroatoms. The maximum absolute atomic E-state index is 14.0. The van der Waals surface area contributed by atoms with Crippen LogP contribution in [0.3, 0.4) is 0 Å². The summed E-state index contributed by atoms with van der Waals surface area (Å²) in [6, 6.07) is 38.8. The van der Waals surface area contributed by atoms with Crippen LogP contribution in [0.15, 0.2) is 201 Å². The number of halogens is 1. The van der Waals surface area contributed by atoms with E-state index in [-0.39, 0.29) is 11.2 Å². The summed E-state index contributed by atoms with van der Waals surface area (Å²) in [5.74, 6) is 11.0. The summed E-state index contributed by atoms with van der Waals surface area (Å²) in [4.78, 5) is 66.4.